The molecule has 2 aromatic heterocycles. The molecule has 1 aromatic carbocycles. The Morgan fingerprint density at radius 2 is 2.05 bits per heavy atom. The lowest BCUT2D eigenvalue weighted by molar-refractivity contribution is 0.545. The average Bonchev–Trinajstić information content (AvgIpc) is 2.99. The molecule has 0 aliphatic carbocycles. The predicted octanol–water partition coefficient (Wildman–Crippen LogP) is 4.03. The first kappa shape index (κ1) is 13.7. The summed E-state index contributed by atoms with van der Waals surface area (Å²) in [5.74, 6) is 1.10. The fourth-order valence-corrected chi connectivity index (χ4v) is 2.41. The molecule has 0 bridgehead atoms. The highest BCUT2D eigenvalue weighted by Gasteiger charge is 2.22. The van der Waals surface area contributed by atoms with Crippen molar-refractivity contribution in [2.45, 2.75) is 6.92 Å². The minimum Gasteiger partial charge on any atom is -0.460 e. The summed E-state index contributed by atoms with van der Waals surface area (Å²) in [7, 11) is 1.70. The van der Waals surface area contributed by atoms with Crippen LogP contribution in [0.15, 0.2) is 34.7 Å². The Balaban J connectivity index is 2.29. The predicted molar refractivity (Wildman–Crippen MR) is 80.5 cm³/mol. The number of aromatic nitrogens is 2. The zero-order valence-electron chi connectivity index (χ0n) is 11.5. The number of aryl methyl sites for hydroxylation is 2. The first-order valence-electron chi connectivity index (χ1n) is 6.32. The zero-order valence-corrected chi connectivity index (χ0v) is 12.3. The Hall–Kier alpha value is -2.27. The van der Waals surface area contributed by atoms with Crippen molar-refractivity contribution in [3.8, 4) is 22.6 Å². The van der Waals surface area contributed by atoms with E-state index in [0.29, 0.717) is 28.4 Å². The lowest BCUT2D eigenvalue weighted by Crippen LogP contribution is -1.98. The SMILES string of the molecule is Cc1ccc(-c2nn(C)c(N)c2-c2cccc(Cl)c2F)o1. The summed E-state index contributed by atoms with van der Waals surface area (Å²) < 4.78 is 21.4. The number of anilines is 1. The van der Waals surface area contributed by atoms with E-state index in [2.05, 4.69) is 5.10 Å². The molecule has 21 heavy (non-hydrogen) atoms. The number of nitrogens with two attached hydrogens (primary N) is 1. The summed E-state index contributed by atoms with van der Waals surface area (Å²) in [6.45, 7) is 1.83. The molecule has 0 amide bonds. The number of rotatable bonds is 2. The van der Waals surface area contributed by atoms with Gasteiger partial charge in [0.25, 0.3) is 0 Å². The number of benzene rings is 1. The van der Waals surface area contributed by atoms with Crippen LogP contribution in [0.1, 0.15) is 5.76 Å². The van der Waals surface area contributed by atoms with Crippen LogP contribution in [0.4, 0.5) is 10.2 Å². The molecule has 0 aliphatic heterocycles. The van der Waals surface area contributed by atoms with E-state index in [1.54, 1.807) is 25.2 Å². The molecule has 2 N–H and O–H groups in total. The normalized spacial score (nSPS) is 11.0. The van der Waals surface area contributed by atoms with Crippen LogP contribution in [0.3, 0.4) is 0 Å². The average molecular weight is 306 g/mol. The van der Waals surface area contributed by atoms with E-state index in [4.69, 9.17) is 21.8 Å². The fraction of sp³-hybridized carbons (Fsp3) is 0.133. The molecule has 0 unspecified atom stereocenters. The minimum atomic E-state index is -0.525. The van der Waals surface area contributed by atoms with E-state index in [1.807, 2.05) is 13.0 Å². The number of furan rings is 1. The number of nitrogen functional groups attached to an aromatic ring is 1. The van der Waals surface area contributed by atoms with Gasteiger partial charge in [0.1, 0.15) is 23.1 Å². The van der Waals surface area contributed by atoms with Crippen molar-refractivity contribution >= 4 is 17.4 Å². The van der Waals surface area contributed by atoms with Gasteiger partial charge in [0.15, 0.2) is 5.76 Å². The summed E-state index contributed by atoms with van der Waals surface area (Å²) in [5, 5.41) is 4.37. The van der Waals surface area contributed by atoms with Gasteiger partial charge in [0, 0.05) is 12.6 Å². The molecule has 0 atom stereocenters. The number of halogens is 2. The number of nitrogens with zero attached hydrogens (tertiary/aromatic N) is 2. The van der Waals surface area contributed by atoms with Crippen LogP contribution in [0, 0.1) is 12.7 Å². The highest BCUT2D eigenvalue weighted by atomic mass is 35.5. The third-order valence-corrected chi connectivity index (χ3v) is 3.58. The van der Waals surface area contributed by atoms with Crippen LogP contribution in [0.5, 0.6) is 0 Å². The molecular formula is C15H13ClFN3O. The van der Waals surface area contributed by atoms with Gasteiger partial charge in [-0.2, -0.15) is 5.10 Å². The lowest BCUT2D eigenvalue weighted by atomic mass is 10.0. The van der Waals surface area contributed by atoms with Gasteiger partial charge in [-0.05, 0) is 25.1 Å². The molecule has 108 valence electrons. The molecule has 0 saturated heterocycles. The standard InChI is InChI=1S/C15H13ClFN3O/c1-8-6-7-11(21-8)14-12(15(18)20(2)19-14)9-4-3-5-10(16)13(9)17/h3-7H,18H2,1-2H3. The third kappa shape index (κ3) is 2.19. The summed E-state index contributed by atoms with van der Waals surface area (Å²) in [6, 6.07) is 8.38. The Labute approximate surface area is 125 Å². The van der Waals surface area contributed by atoms with Crippen molar-refractivity contribution in [3.63, 3.8) is 0 Å². The number of hydrogen-bond acceptors (Lipinski definition) is 3. The van der Waals surface area contributed by atoms with Gasteiger partial charge in [-0.15, -0.1) is 0 Å². The van der Waals surface area contributed by atoms with Gasteiger partial charge in [-0.1, -0.05) is 23.7 Å². The third-order valence-electron chi connectivity index (χ3n) is 3.29. The summed E-state index contributed by atoms with van der Waals surface area (Å²) in [5.41, 5.74) is 7.32. The maximum absolute atomic E-state index is 14.3. The smallest absolute Gasteiger partial charge is 0.155 e. The number of hydrogen-bond donors (Lipinski definition) is 1. The first-order chi connectivity index (χ1) is 9.99. The maximum atomic E-state index is 14.3. The molecule has 0 saturated carbocycles. The van der Waals surface area contributed by atoms with Crippen LogP contribution in [-0.4, -0.2) is 9.78 Å². The van der Waals surface area contributed by atoms with Crippen molar-refractivity contribution < 1.29 is 8.81 Å². The van der Waals surface area contributed by atoms with Crippen molar-refractivity contribution in [2.75, 3.05) is 5.73 Å². The summed E-state index contributed by atoms with van der Waals surface area (Å²) >= 11 is 5.86. The molecule has 0 fully saturated rings. The van der Waals surface area contributed by atoms with Gasteiger partial charge in [0.2, 0.25) is 0 Å². The van der Waals surface area contributed by atoms with E-state index < -0.39 is 5.82 Å². The lowest BCUT2D eigenvalue weighted by Gasteiger charge is -2.05. The Bertz CT molecular complexity index is 822. The zero-order chi connectivity index (χ0) is 15.1. The van der Waals surface area contributed by atoms with Crippen LogP contribution >= 0.6 is 11.6 Å². The van der Waals surface area contributed by atoms with E-state index in [0.717, 1.165) is 5.76 Å². The van der Waals surface area contributed by atoms with Gasteiger partial charge in [-0.3, -0.25) is 4.68 Å². The summed E-state index contributed by atoms with van der Waals surface area (Å²) in [4.78, 5) is 0. The van der Waals surface area contributed by atoms with Crippen LogP contribution < -0.4 is 5.73 Å². The van der Waals surface area contributed by atoms with Gasteiger partial charge >= 0.3 is 0 Å². The highest BCUT2D eigenvalue weighted by molar-refractivity contribution is 6.31. The van der Waals surface area contributed by atoms with Crippen LogP contribution in [0.2, 0.25) is 5.02 Å². The van der Waals surface area contributed by atoms with E-state index in [-0.39, 0.29) is 5.02 Å². The molecule has 0 spiro atoms. The maximum Gasteiger partial charge on any atom is 0.155 e. The fourth-order valence-electron chi connectivity index (χ4n) is 2.23. The molecule has 3 aromatic rings. The Morgan fingerprint density at radius 1 is 1.29 bits per heavy atom. The second-order valence-electron chi connectivity index (χ2n) is 4.74. The van der Waals surface area contributed by atoms with Crippen molar-refractivity contribution in [2.24, 2.45) is 7.05 Å². The van der Waals surface area contributed by atoms with Gasteiger partial charge in [-0.25, -0.2) is 4.39 Å². The topological polar surface area (TPSA) is 57.0 Å². The molecule has 0 aliphatic rings. The summed E-state index contributed by atoms with van der Waals surface area (Å²) in [6.07, 6.45) is 0. The monoisotopic (exact) mass is 305 g/mol. The largest absolute Gasteiger partial charge is 0.460 e. The van der Waals surface area contributed by atoms with E-state index >= 15 is 0 Å². The second-order valence-corrected chi connectivity index (χ2v) is 5.15. The van der Waals surface area contributed by atoms with Gasteiger partial charge in [0.05, 0.1) is 10.6 Å². The van der Waals surface area contributed by atoms with Crippen molar-refractivity contribution in [1.82, 2.24) is 9.78 Å². The second kappa shape index (κ2) is 4.93. The van der Waals surface area contributed by atoms with Crippen LogP contribution in [-0.2, 0) is 7.05 Å². The van der Waals surface area contributed by atoms with Crippen molar-refractivity contribution in [1.29, 1.82) is 0 Å². The highest BCUT2D eigenvalue weighted by Crippen LogP contribution is 2.39. The Kier molecular flexibility index (Phi) is 3.22. The molecule has 2 heterocycles. The molecule has 3 rings (SSSR count). The minimum absolute atomic E-state index is 0.0392. The molecular weight excluding hydrogens is 293 g/mol. The first-order valence-corrected chi connectivity index (χ1v) is 6.70. The molecule has 0 radical (unpaired) electrons. The van der Waals surface area contributed by atoms with Crippen molar-refractivity contribution in [3.05, 3.63) is 46.9 Å². The molecule has 4 nitrogen and oxygen atoms in total. The van der Waals surface area contributed by atoms with E-state index in [9.17, 15) is 4.39 Å². The van der Waals surface area contributed by atoms with Gasteiger partial charge < -0.3 is 10.2 Å². The molecule has 6 heteroatoms. The van der Waals surface area contributed by atoms with Crippen LogP contribution in [0.25, 0.3) is 22.6 Å². The van der Waals surface area contributed by atoms with E-state index in [1.165, 1.54) is 10.7 Å². The Morgan fingerprint density at radius 3 is 2.71 bits per heavy atom. The quantitative estimate of drug-likeness (QED) is 0.777.